The highest BCUT2D eigenvalue weighted by molar-refractivity contribution is 6.17. The van der Waals surface area contributed by atoms with Crippen molar-refractivity contribution in [1.29, 1.82) is 0 Å². The fraction of sp³-hybridized carbons (Fsp3) is 0.400. The zero-order valence-electron chi connectivity index (χ0n) is 11.1. The summed E-state index contributed by atoms with van der Waals surface area (Å²) in [6.45, 7) is 4.22. The van der Waals surface area contributed by atoms with Crippen LogP contribution in [0.25, 0.3) is 10.8 Å². The van der Waals surface area contributed by atoms with E-state index in [1.165, 1.54) is 10.8 Å². The molecule has 0 aliphatic carbocycles. The van der Waals surface area contributed by atoms with Gasteiger partial charge in [-0.05, 0) is 18.5 Å². The lowest BCUT2D eigenvalue weighted by molar-refractivity contribution is 0.312. The van der Waals surface area contributed by atoms with Crippen molar-refractivity contribution in [3.63, 3.8) is 0 Å². The van der Waals surface area contributed by atoms with Crippen LogP contribution in [-0.2, 0) is 5.88 Å². The lowest BCUT2D eigenvalue weighted by atomic mass is 10.1. The van der Waals surface area contributed by atoms with Gasteiger partial charge in [0.15, 0.2) is 0 Å². The number of nitrogens with zero attached hydrogens (tertiary/aromatic N) is 3. The molecule has 1 aliphatic heterocycles. The Bertz CT molecular complexity index is 577. The first-order chi connectivity index (χ1) is 9.28. The highest BCUT2D eigenvalue weighted by atomic mass is 35.5. The van der Waals surface area contributed by atoms with Gasteiger partial charge < -0.3 is 9.80 Å². The molecule has 0 amide bonds. The molecule has 4 heteroatoms. The van der Waals surface area contributed by atoms with E-state index in [2.05, 4.69) is 47.2 Å². The predicted octanol–water partition coefficient (Wildman–Crippen LogP) is 2.73. The van der Waals surface area contributed by atoms with Crippen LogP contribution in [0.4, 0.5) is 5.82 Å². The minimum Gasteiger partial charge on any atom is -0.354 e. The van der Waals surface area contributed by atoms with E-state index >= 15 is 0 Å². The Hall–Kier alpha value is -1.32. The summed E-state index contributed by atoms with van der Waals surface area (Å²) in [6.07, 6.45) is 0. The number of aromatic nitrogens is 1. The summed E-state index contributed by atoms with van der Waals surface area (Å²) >= 11 is 5.97. The molecule has 19 heavy (non-hydrogen) atoms. The van der Waals surface area contributed by atoms with Crippen molar-refractivity contribution in [2.75, 3.05) is 38.1 Å². The number of pyridine rings is 1. The van der Waals surface area contributed by atoms with E-state index < -0.39 is 0 Å². The highest BCUT2D eigenvalue weighted by Gasteiger charge is 2.18. The second-order valence-electron chi connectivity index (χ2n) is 5.08. The van der Waals surface area contributed by atoms with E-state index in [9.17, 15) is 0 Å². The van der Waals surface area contributed by atoms with Crippen LogP contribution in [0.2, 0.25) is 0 Å². The van der Waals surface area contributed by atoms with Crippen LogP contribution in [0.3, 0.4) is 0 Å². The van der Waals surface area contributed by atoms with E-state index in [0.29, 0.717) is 5.88 Å². The minimum absolute atomic E-state index is 0.464. The number of hydrogen-bond donors (Lipinski definition) is 0. The van der Waals surface area contributed by atoms with E-state index in [0.717, 1.165) is 37.7 Å². The van der Waals surface area contributed by atoms with Gasteiger partial charge in [0.1, 0.15) is 5.82 Å². The summed E-state index contributed by atoms with van der Waals surface area (Å²) in [7, 11) is 2.16. The SMILES string of the molecule is CN1CCN(c2nc(CCl)cc3ccccc23)CC1. The minimum atomic E-state index is 0.464. The Balaban J connectivity index is 2.05. The van der Waals surface area contributed by atoms with E-state index in [1.54, 1.807) is 0 Å². The third kappa shape index (κ3) is 2.53. The number of likely N-dealkylation sites (N-methyl/N-ethyl adjacent to an activating group) is 1. The molecular formula is C15H18ClN3. The third-order valence-corrected chi connectivity index (χ3v) is 3.99. The van der Waals surface area contributed by atoms with Gasteiger partial charge in [-0.15, -0.1) is 11.6 Å². The molecule has 1 fully saturated rings. The van der Waals surface area contributed by atoms with Gasteiger partial charge in [-0.25, -0.2) is 4.98 Å². The van der Waals surface area contributed by atoms with E-state index in [1.807, 2.05) is 0 Å². The Kier molecular flexibility index (Phi) is 3.58. The maximum Gasteiger partial charge on any atom is 0.136 e. The van der Waals surface area contributed by atoms with E-state index in [4.69, 9.17) is 16.6 Å². The van der Waals surface area contributed by atoms with Gasteiger partial charge >= 0.3 is 0 Å². The van der Waals surface area contributed by atoms with Crippen molar-refractivity contribution in [1.82, 2.24) is 9.88 Å². The molecule has 1 aromatic carbocycles. The van der Waals surface area contributed by atoms with Gasteiger partial charge in [-0.2, -0.15) is 0 Å². The number of anilines is 1. The lowest BCUT2D eigenvalue weighted by Crippen LogP contribution is -2.45. The van der Waals surface area contributed by atoms with Crippen LogP contribution < -0.4 is 4.90 Å². The van der Waals surface area contributed by atoms with Crippen LogP contribution in [0.15, 0.2) is 30.3 Å². The number of rotatable bonds is 2. The maximum absolute atomic E-state index is 5.97. The monoisotopic (exact) mass is 275 g/mol. The average Bonchev–Trinajstić information content (AvgIpc) is 2.47. The van der Waals surface area contributed by atoms with Gasteiger partial charge in [0.25, 0.3) is 0 Å². The summed E-state index contributed by atoms with van der Waals surface area (Å²) in [5.41, 5.74) is 0.953. The second kappa shape index (κ2) is 5.35. The molecular weight excluding hydrogens is 258 g/mol. The molecule has 0 N–H and O–H groups in total. The smallest absolute Gasteiger partial charge is 0.136 e. The molecule has 0 spiro atoms. The van der Waals surface area contributed by atoms with Crippen LogP contribution in [0.1, 0.15) is 5.69 Å². The predicted molar refractivity (Wildman–Crippen MR) is 81.0 cm³/mol. The number of benzene rings is 1. The topological polar surface area (TPSA) is 19.4 Å². The van der Waals surface area contributed by atoms with E-state index in [-0.39, 0.29) is 0 Å². The molecule has 0 saturated carbocycles. The van der Waals surface area contributed by atoms with Crippen molar-refractivity contribution >= 4 is 28.2 Å². The summed E-state index contributed by atoms with van der Waals surface area (Å²) in [5.74, 6) is 1.55. The molecule has 0 atom stereocenters. The quantitative estimate of drug-likeness (QED) is 0.786. The summed E-state index contributed by atoms with van der Waals surface area (Å²) in [4.78, 5) is 9.47. The maximum atomic E-state index is 5.97. The normalized spacial score (nSPS) is 17.1. The molecule has 3 rings (SSSR count). The van der Waals surface area contributed by atoms with Gasteiger partial charge in [-0.3, -0.25) is 0 Å². The third-order valence-electron chi connectivity index (χ3n) is 3.71. The first-order valence-corrected chi connectivity index (χ1v) is 7.19. The van der Waals surface area contributed by atoms with Crippen molar-refractivity contribution in [2.24, 2.45) is 0 Å². The first-order valence-electron chi connectivity index (χ1n) is 6.66. The lowest BCUT2D eigenvalue weighted by Gasteiger charge is -2.34. The van der Waals surface area contributed by atoms with Crippen LogP contribution in [-0.4, -0.2) is 43.1 Å². The molecule has 100 valence electrons. The van der Waals surface area contributed by atoms with Crippen LogP contribution in [0, 0.1) is 0 Å². The van der Waals surface area contributed by atoms with Gasteiger partial charge in [-0.1, -0.05) is 24.3 Å². The Labute approximate surface area is 118 Å². The number of hydrogen-bond acceptors (Lipinski definition) is 3. The standard InChI is InChI=1S/C15H18ClN3/c1-18-6-8-19(9-7-18)15-14-5-3-2-4-12(14)10-13(11-16)17-15/h2-5,10H,6-9,11H2,1H3. The molecule has 3 nitrogen and oxygen atoms in total. The Morgan fingerprint density at radius 2 is 1.89 bits per heavy atom. The summed E-state index contributed by atoms with van der Waals surface area (Å²) in [6, 6.07) is 10.5. The highest BCUT2D eigenvalue weighted by Crippen LogP contribution is 2.27. The number of alkyl halides is 1. The molecule has 0 radical (unpaired) electrons. The molecule has 1 aliphatic rings. The molecule has 2 heterocycles. The number of piperazine rings is 1. The van der Waals surface area contributed by atoms with Gasteiger partial charge in [0.05, 0.1) is 11.6 Å². The average molecular weight is 276 g/mol. The molecule has 1 saturated heterocycles. The zero-order chi connectivity index (χ0) is 13.2. The Morgan fingerprint density at radius 1 is 1.16 bits per heavy atom. The first kappa shape index (κ1) is 12.7. The van der Waals surface area contributed by atoms with Crippen molar-refractivity contribution in [3.05, 3.63) is 36.0 Å². The van der Waals surface area contributed by atoms with Crippen molar-refractivity contribution < 1.29 is 0 Å². The second-order valence-corrected chi connectivity index (χ2v) is 5.35. The van der Waals surface area contributed by atoms with Crippen LogP contribution in [0.5, 0.6) is 0 Å². The Morgan fingerprint density at radius 3 is 2.63 bits per heavy atom. The molecule has 2 aromatic rings. The van der Waals surface area contributed by atoms with Gasteiger partial charge in [0.2, 0.25) is 0 Å². The number of halogens is 1. The summed E-state index contributed by atoms with van der Waals surface area (Å²) in [5, 5.41) is 2.45. The van der Waals surface area contributed by atoms with Crippen LogP contribution >= 0.6 is 11.6 Å². The van der Waals surface area contributed by atoms with Crippen molar-refractivity contribution in [2.45, 2.75) is 5.88 Å². The number of fused-ring (bicyclic) bond motifs is 1. The summed E-state index contributed by atoms with van der Waals surface area (Å²) < 4.78 is 0. The molecule has 1 aromatic heterocycles. The molecule has 0 unspecified atom stereocenters. The zero-order valence-corrected chi connectivity index (χ0v) is 11.9. The fourth-order valence-corrected chi connectivity index (χ4v) is 2.70. The van der Waals surface area contributed by atoms with Crippen molar-refractivity contribution in [3.8, 4) is 0 Å². The largest absolute Gasteiger partial charge is 0.354 e. The molecule has 0 bridgehead atoms. The van der Waals surface area contributed by atoms with Gasteiger partial charge in [0, 0.05) is 31.6 Å². The fourth-order valence-electron chi connectivity index (χ4n) is 2.56.